The Morgan fingerprint density at radius 1 is 1.20 bits per heavy atom. The molecule has 0 spiro atoms. The molecule has 0 radical (unpaired) electrons. The first-order valence-electron chi connectivity index (χ1n) is 13.0. The molecule has 41 heavy (non-hydrogen) atoms. The van der Waals surface area contributed by atoms with Crippen molar-refractivity contribution in [2.45, 2.75) is 50.3 Å². The highest BCUT2D eigenvalue weighted by Gasteiger charge is 2.44. The standard InChI is InChI=1S/C27H32F4N8O2/c1-26(2,39-13-36-20-24(32)34-12-35-25(20)39)21-18(38-8-4-7-27(33,11-38)22(40)23(30)31)6-5-17(37-21)14-9-16(29)19(41-3)10-15(14)28/h5-6,9-10,13,22-23,35,40H,4,7-8,11-12,33H2,1-3H3,(H2,32,34)/t22-,27-/m1/s1. The van der Waals surface area contributed by atoms with E-state index < -0.39 is 35.2 Å². The Bertz CT molecular complexity index is 1490. The van der Waals surface area contributed by atoms with Crippen LogP contribution in [-0.2, 0) is 5.54 Å². The van der Waals surface area contributed by atoms with Gasteiger partial charge >= 0.3 is 0 Å². The van der Waals surface area contributed by atoms with Crippen LogP contribution < -0.4 is 26.4 Å². The number of piperidine rings is 1. The molecule has 14 heteroatoms. The van der Waals surface area contributed by atoms with Gasteiger partial charge in [-0.25, -0.2) is 32.5 Å². The van der Waals surface area contributed by atoms with Crippen LogP contribution in [0.5, 0.6) is 5.75 Å². The number of nitrogens with zero attached hydrogens (tertiary/aromatic N) is 5. The fourth-order valence-electron chi connectivity index (χ4n) is 5.52. The van der Waals surface area contributed by atoms with Crippen LogP contribution in [0, 0.1) is 11.6 Å². The number of nitrogens with two attached hydrogens (primary N) is 2. The number of aromatic nitrogens is 3. The number of alkyl halides is 2. The number of halogens is 4. The number of ether oxygens (including phenoxy) is 1. The summed E-state index contributed by atoms with van der Waals surface area (Å²) in [5.74, 6) is -0.901. The van der Waals surface area contributed by atoms with E-state index in [-0.39, 0.29) is 42.5 Å². The van der Waals surface area contributed by atoms with Gasteiger partial charge in [0, 0.05) is 24.7 Å². The number of hydrogen-bond acceptors (Lipinski definition) is 9. The van der Waals surface area contributed by atoms with Gasteiger partial charge in [-0.15, -0.1) is 0 Å². The zero-order valence-corrected chi connectivity index (χ0v) is 22.8. The van der Waals surface area contributed by atoms with Gasteiger partial charge in [-0.3, -0.25) is 0 Å². The largest absolute Gasteiger partial charge is 0.494 e. The fourth-order valence-corrected chi connectivity index (χ4v) is 5.52. The molecule has 1 fully saturated rings. The van der Waals surface area contributed by atoms with Crippen LogP contribution in [0.1, 0.15) is 38.1 Å². The van der Waals surface area contributed by atoms with Crippen LogP contribution in [0.15, 0.2) is 35.6 Å². The highest BCUT2D eigenvalue weighted by molar-refractivity contribution is 6.01. The number of imidazole rings is 1. The van der Waals surface area contributed by atoms with Gasteiger partial charge in [0.15, 0.2) is 11.6 Å². The lowest BCUT2D eigenvalue weighted by Gasteiger charge is -2.45. The van der Waals surface area contributed by atoms with Gasteiger partial charge in [0.05, 0.1) is 41.6 Å². The van der Waals surface area contributed by atoms with E-state index in [4.69, 9.17) is 21.2 Å². The Labute approximate surface area is 234 Å². The summed E-state index contributed by atoms with van der Waals surface area (Å²) in [5.41, 5.74) is 11.3. The topological polar surface area (TPSA) is 140 Å². The van der Waals surface area contributed by atoms with E-state index in [0.29, 0.717) is 35.9 Å². The number of rotatable bonds is 7. The number of fused-ring (bicyclic) bond motifs is 1. The molecular weight excluding hydrogens is 544 g/mol. The summed E-state index contributed by atoms with van der Waals surface area (Å²) in [6, 6.07) is 5.16. The van der Waals surface area contributed by atoms with Crippen molar-refractivity contribution in [3.05, 3.63) is 53.6 Å². The number of nitrogens with one attached hydrogen (secondary N) is 1. The van der Waals surface area contributed by atoms with E-state index in [1.165, 1.54) is 13.2 Å². The number of methoxy groups -OCH3 is 1. The lowest BCUT2D eigenvalue weighted by atomic mass is 9.84. The summed E-state index contributed by atoms with van der Waals surface area (Å²) in [6.45, 7) is 4.31. The highest BCUT2D eigenvalue weighted by atomic mass is 19.3. The Balaban J connectivity index is 1.67. The maximum Gasteiger partial charge on any atom is 0.265 e. The zero-order chi connectivity index (χ0) is 29.7. The van der Waals surface area contributed by atoms with E-state index in [2.05, 4.69) is 15.3 Å². The quantitative estimate of drug-likeness (QED) is 0.315. The van der Waals surface area contributed by atoms with Crippen molar-refractivity contribution < 1.29 is 27.4 Å². The summed E-state index contributed by atoms with van der Waals surface area (Å²) >= 11 is 0. The molecule has 2 aliphatic heterocycles. The summed E-state index contributed by atoms with van der Waals surface area (Å²) in [4.78, 5) is 15.2. The molecule has 0 saturated carbocycles. The maximum absolute atomic E-state index is 15.1. The van der Waals surface area contributed by atoms with Gasteiger partial charge in [0.25, 0.3) is 6.43 Å². The molecule has 0 aliphatic carbocycles. The normalized spacial score (nSPS) is 20.0. The lowest BCUT2D eigenvalue weighted by Crippen LogP contribution is -2.63. The Morgan fingerprint density at radius 2 is 1.95 bits per heavy atom. The number of aliphatic hydroxyl groups is 1. The molecule has 2 aliphatic rings. The summed E-state index contributed by atoms with van der Waals surface area (Å²) < 4.78 is 63.5. The van der Waals surface area contributed by atoms with E-state index >= 15 is 4.39 Å². The van der Waals surface area contributed by atoms with E-state index in [1.807, 2.05) is 13.8 Å². The molecule has 5 rings (SSSR count). The molecule has 10 nitrogen and oxygen atoms in total. The SMILES string of the molecule is COc1cc(F)c(-c2ccc(N3CCC[C@](N)([C@H](O)C(F)F)C3)c(C(C)(C)n3cnc4c3NCN=C4N)n2)cc1F. The predicted octanol–water partition coefficient (Wildman–Crippen LogP) is 3.03. The van der Waals surface area contributed by atoms with E-state index in [1.54, 1.807) is 21.9 Å². The third-order valence-electron chi connectivity index (χ3n) is 7.80. The van der Waals surface area contributed by atoms with Crippen molar-refractivity contribution in [3.8, 4) is 17.0 Å². The van der Waals surface area contributed by atoms with Gasteiger partial charge < -0.3 is 36.1 Å². The second-order valence-electron chi connectivity index (χ2n) is 10.8. The molecule has 2 aromatic heterocycles. The Kier molecular flexibility index (Phi) is 7.32. The van der Waals surface area contributed by atoms with Crippen molar-refractivity contribution in [1.82, 2.24) is 14.5 Å². The average molecular weight is 577 g/mol. The first-order chi connectivity index (χ1) is 19.4. The molecule has 0 amide bonds. The van der Waals surface area contributed by atoms with Gasteiger partial charge in [-0.2, -0.15) is 0 Å². The number of benzene rings is 1. The highest BCUT2D eigenvalue weighted by Crippen LogP contribution is 2.40. The Morgan fingerprint density at radius 3 is 2.66 bits per heavy atom. The average Bonchev–Trinajstić information content (AvgIpc) is 3.40. The van der Waals surface area contributed by atoms with E-state index in [0.717, 1.165) is 12.1 Å². The minimum atomic E-state index is -3.01. The molecule has 4 heterocycles. The van der Waals surface area contributed by atoms with Gasteiger partial charge in [0.2, 0.25) is 0 Å². The monoisotopic (exact) mass is 576 g/mol. The number of aliphatic imine (C=N–C) groups is 1. The molecular formula is C27H32F4N8O2. The fraction of sp³-hybridized carbons (Fsp3) is 0.444. The van der Waals surface area contributed by atoms with Crippen molar-refractivity contribution in [2.24, 2.45) is 16.5 Å². The van der Waals surface area contributed by atoms with Gasteiger partial charge in [0.1, 0.15) is 35.9 Å². The van der Waals surface area contributed by atoms with Crippen molar-refractivity contribution in [3.63, 3.8) is 0 Å². The van der Waals surface area contributed by atoms with Crippen LogP contribution in [0.25, 0.3) is 11.3 Å². The van der Waals surface area contributed by atoms with Crippen LogP contribution in [0.4, 0.5) is 29.1 Å². The van der Waals surface area contributed by atoms with Gasteiger partial charge in [-0.05, 0) is 44.9 Å². The zero-order valence-electron chi connectivity index (χ0n) is 22.8. The second-order valence-corrected chi connectivity index (χ2v) is 10.8. The molecule has 1 saturated heterocycles. The minimum Gasteiger partial charge on any atom is -0.494 e. The minimum absolute atomic E-state index is 0.0754. The molecule has 0 bridgehead atoms. The number of hydrogen-bond donors (Lipinski definition) is 4. The molecule has 1 aromatic carbocycles. The molecule has 0 unspecified atom stereocenters. The molecule has 220 valence electrons. The van der Waals surface area contributed by atoms with Crippen molar-refractivity contribution >= 4 is 17.3 Å². The van der Waals surface area contributed by atoms with Crippen LogP contribution in [0.2, 0.25) is 0 Å². The number of anilines is 2. The molecule has 6 N–H and O–H groups in total. The smallest absolute Gasteiger partial charge is 0.265 e. The maximum atomic E-state index is 15.1. The third-order valence-corrected chi connectivity index (χ3v) is 7.80. The first kappa shape index (κ1) is 28.6. The number of amidine groups is 1. The number of pyridine rings is 1. The van der Waals surface area contributed by atoms with Crippen molar-refractivity contribution in [1.29, 1.82) is 0 Å². The van der Waals surface area contributed by atoms with Crippen LogP contribution in [-0.4, -0.2) is 70.4 Å². The summed E-state index contributed by atoms with van der Waals surface area (Å²) in [5, 5.41) is 13.4. The predicted molar refractivity (Wildman–Crippen MR) is 146 cm³/mol. The first-order valence-corrected chi connectivity index (χ1v) is 13.0. The Hall–Kier alpha value is -3.91. The molecule has 3 aromatic rings. The second kappa shape index (κ2) is 10.5. The molecule has 2 atom stereocenters. The van der Waals surface area contributed by atoms with Crippen LogP contribution in [0.3, 0.4) is 0 Å². The van der Waals surface area contributed by atoms with Gasteiger partial charge in [-0.1, -0.05) is 0 Å². The lowest BCUT2D eigenvalue weighted by molar-refractivity contribution is -0.0529. The van der Waals surface area contributed by atoms with Crippen molar-refractivity contribution in [2.75, 3.05) is 37.1 Å². The summed E-state index contributed by atoms with van der Waals surface area (Å²) in [6.07, 6.45) is -2.83. The van der Waals surface area contributed by atoms with Crippen LogP contribution >= 0.6 is 0 Å². The van der Waals surface area contributed by atoms with E-state index in [9.17, 15) is 18.3 Å². The summed E-state index contributed by atoms with van der Waals surface area (Å²) in [7, 11) is 1.24. The third kappa shape index (κ3) is 4.95. The number of aliphatic hydroxyl groups excluding tert-OH is 1.